The fraction of sp³-hybridized carbons (Fsp3) is 0.538. The molecule has 0 saturated carbocycles. The van der Waals surface area contributed by atoms with E-state index >= 15 is 0 Å². The van der Waals surface area contributed by atoms with Crippen LogP contribution in [0.15, 0.2) is 18.2 Å². The van der Waals surface area contributed by atoms with Gasteiger partial charge in [0.15, 0.2) is 0 Å². The highest BCUT2D eigenvalue weighted by Gasteiger charge is 2.23. The van der Waals surface area contributed by atoms with Gasteiger partial charge in [-0.2, -0.15) is 0 Å². The Morgan fingerprint density at radius 1 is 1.29 bits per heavy atom. The van der Waals surface area contributed by atoms with Gasteiger partial charge in [0.1, 0.15) is 11.6 Å². The maximum Gasteiger partial charge on any atom is 0.129 e. The summed E-state index contributed by atoms with van der Waals surface area (Å²) >= 11 is 0. The van der Waals surface area contributed by atoms with Gasteiger partial charge in [-0.25, -0.2) is 8.78 Å². The number of nitrogens with one attached hydrogen (secondary N) is 1. The van der Waals surface area contributed by atoms with Crippen molar-refractivity contribution in [2.24, 2.45) is 5.73 Å². The lowest BCUT2D eigenvalue weighted by Crippen LogP contribution is -2.34. The van der Waals surface area contributed by atoms with Crippen LogP contribution in [-0.4, -0.2) is 19.6 Å². The molecule has 2 nitrogen and oxygen atoms in total. The van der Waals surface area contributed by atoms with Gasteiger partial charge in [0.05, 0.1) is 0 Å². The summed E-state index contributed by atoms with van der Waals surface area (Å²) in [5.74, 6) is -1.03. The third kappa shape index (κ3) is 4.06. The first-order valence-corrected chi connectivity index (χ1v) is 5.83. The molecule has 1 aromatic carbocycles. The van der Waals surface area contributed by atoms with Gasteiger partial charge in [0.25, 0.3) is 0 Å². The average molecular weight is 242 g/mol. The highest BCUT2D eigenvalue weighted by atomic mass is 19.1. The van der Waals surface area contributed by atoms with E-state index in [9.17, 15) is 8.78 Å². The van der Waals surface area contributed by atoms with Crippen LogP contribution in [0.3, 0.4) is 0 Å². The Kier molecular flexibility index (Phi) is 5.02. The second-order valence-electron chi connectivity index (χ2n) is 4.83. The molecule has 0 atom stereocenters. The van der Waals surface area contributed by atoms with Crippen molar-refractivity contribution < 1.29 is 8.78 Å². The van der Waals surface area contributed by atoms with Crippen molar-refractivity contribution in [2.45, 2.75) is 25.7 Å². The number of benzene rings is 1. The van der Waals surface area contributed by atoms with Crippen molar-refractivity contribution in [3.05, 3.63) is 35.4 Å². The molecule has 3 N–H and O–H groups in total. The van der Waals surface area contributed by atoms with Crippen LogP contribution in [0.2, 0.25) is 0 Å². The van der Waals surface area contributed by atoms with Gasteiger partial charge in [-0.15, -0.1) is 0 Å². The molecule has 0 fully saturated rings. The Balaban J connectivity index is 2.68. The van der Waals surface area contributed by atoms with Crippen molar-refractivity contribution in [1.29, 1.82) is 0 Å². The maximum atomic E-state index is 13.6. The third-order valence-electron chi connectivity index (χ3n) is 2.78. The van der Waals surface area contributed by atoms with Gasteiger partial charge in [0, 0.05) is 18.0 Å². The molecular formula is C13H20F2N2. The zero-order valence-electron chi connectivity index (χ0n) is 10.4. The summed E-state index contributed by atoms with van der Waals surface area (Å²) in [6.45, 7) is 5.94. The molecule has 0 amide bonds. The van der Waals surface area contributed by atoms with Crippen molar-refractivity contribution in [3.63, 3.8) is 0 Å². The number of halogens is 2. The summed E-state index contributed by atoms with van der Waals surface area (Å²) in [4.78, 5) is 0. The lowest BCUT2D eigenvalue weighted by molar-refractivity contribution is 0.440. The molecule has 0 aromatic heterocycles. The Morgan fingerprint density at radius 2 is 2.00 bits per heavy atom. The highest BCUT2D eigenvalue weighted by Crippen LogP contribution is 2.25. The first-order valence-electron chi connectivity index (χ1n) is 5.83. The molecule has 0 aliphatic carbocycles. The third-order valence-corrected chi connectivity index (χ3v) is 2.78. The molecular weight excluding hydrogens is 222 g/mol. The Bertz CT molecular complexity index is 364. The summed E-state index contributed by atoms with van der Waals surface area (Å²) in [7, 11) is 0. The molecule has 0 spiro atoms. The number of nitrogens with two attached hydrogens (primary N) is 1. The first kappa shape index (κ1) is 14.1. The van der Waals surface area contributed by atoms with Crippen molar-refractivity contribution in [1.82, 2.24) is 5.32 Å². The molecule has 4 heteroatoms. The van der Waals surface area contributed by atoms with E-state index in [1.165, 1.54) is 12.1 Å². The van der Waals surface area contributed by atoms with E-state index in [4.69, 9.17) is 5.73 Å². The summed E-state index contributed by atoms with van der Waals surface area (Å²) in [5.41, 5.74) is 5.55. The van der Waals surface area contributed by atoms with Gasteiger partial charge in [-0.05, 0) is 31.1 Å². The van der Waals surface area contributed by atoms with Crippen molar-refractivity contribution in [2.75, 3.05) is 19.6 Å². The smallest absolute Gasteiger partial charge is 0.129 e. The van der Waals surface area contributed by atoms with E-state index in [-0.39, 0.29) is 5.41 Å². The van der Waals surface area contributed by atoms with Gasteiger partial charge in [-0.1, -0.05) is 19.9 Å². The van der Waals surface area contributed by atoms with Gasteiger partial charge < -0.3 is 11.1 Å². The van der Waals surface area contributed by atoms with Crippen molar-refractivity contribution in [3.8, 4) is 0 Å². The van der Waals surface area contributed by atoms with Crippen LogP contribution >= 0.6 is 0 Å². The summed E-state index contributed by atoms with van der Waals surface area (Å²) < 4.78 is 26.5. The second-order valence-corrected chi connectivity index (χ2v) is 4.83. The van der Waals surface area contributed by atoms with E-state index in [0.29, 0.717) is 18.7 Å². The Labute approximate surface area is 101 Å². The fourth-order valence-corrected chi connectivity index (χ4v) is 1.76. The van der Waals surface area contributed by atoms with Crippen LogP contribution in [0.1, 0.15) is 25.8 Å². The SMILES string of the molecule is CC(C)(CNCCCN)c1ccc(F)cc1F. The number of hydrogen-bond acceptors (Lipinski definition) is 2. The van der Waals surface area contributed by atoms with Crippen LogP contribution in [-0.2, 0) is 5.41 Å². The first-order chi connectivity index (χ1) is 7.97. The minimum Gasteiger partial charge on any atom is -0.330 e. The van der Waals surface area contributed by atoms with Crippen LogP contribution in [0, 0.1) is 11.6 Å². The molecule has 1 aromatic rings. The molecule has 1 rings (SSSR count). The van der Waals surface area contributed by atoms with Gasteiger partial charge in [-0.3, -0.25) is 0 Å². The predicted octanol–water partition coefficient (Wildman–Crippen LogP) is 2.18. The molecule has 0 unspecified atom stereocenters. The standard InChI is InChI=1S/C13H20F2N2/c1-13(2,9-17-7-3-6-16)11-5-4-10(14)8-12(11)15/h4-5,8,17H,3,6-7,9,16H2,1-2H3. The minimum atomic E-state index is -0.543. The summed E-state index contributed by atoms with van der Waals surface area (Å²) in [6.07, 6.45) is 0.891. The van der Waals surface area contributed by atoms with E-state index in [1.807, 2.05) is 13.8 Å². The minimum absolute atomic E-state index is 0.369. The summed E-state index contributed by atoms with van der Waals surface area (Å²) in [6, 6.07) is 3.73. The molecule has 0 bridgehead atoms. The summed E-state index contributed by atoms with van der Waals surface area (Å²) in [5, 5.41) is 3.23. The topological polar surface area (TPSA) is 38.0 Å². The number of hydrogen-bond donors (Lipinski definition) is 2. The molecule has 0 radical (unpaired) electrons. The molecule has 96 valence electrons. The maximum absolute atomic E-state index is 13.6. The molecule has 0 saturated heterocycles. The zero-order valence-corrected chi connectivity index (χ0v) is 10.4. The Hall–Kier alpha value is -1.00. The van der Waals surface area contributed by atoms with E-state index in [1.54, 1.807) is 0 Å². The highest BCUT2D eigenvalue weighted by molar-refractivity contribution is 5.26. The molecule has 0 heterocycles. The van der Waals surface area contributed by atoms with Crippen LogP contribution in [0.5, 0.6) is 0 Å². The lowest BCUT2D eigenvalue weighted by atomic mass is 9.84. The molecule has 17 heavy (non-hydrogen) atoms. The number of rotatable bonds is 6. The van der Waals surface area contributed by atoms with Gasteiger partial charge >= 0.3 is 0 Å². The quantitative estimate of drug-likeness (QED) is 0.750. The van der Waals surface area contributed by atoms with Crippen LogP contribution in [0.25, 0.3) is 0 Å². The molecule has 0 aliphatic heterocycles. The van der Waals surface area contributed by atoms with E-state index in [0.717, 1.165) is 19.0 Å². The average Bonchev–Trinajstić information content (AvgIpc) is 2.24. The monoisotopic (exact) mass is 242 g/mol. The zero-order chi connectivity index (χ0) is 12.9. The normalized spacial score (nSPS) is 11.8. The lowest BCUT2D eigenvalue weighted by Gasteiger charge is -2.26. The fourth-order valence-electron chi connectivity index (χ4n) is 1.76. The molecule has 0 aliphatic rings. The largest absolute Gasteiger partial charge is 0.330 e. The van der Waals surface area contributed by atoms with Crippen molar-refractivity contribution >= 4 is 0 Å². The Morgan fingerprint density at radius 3 is 2.59 bits per heavy atom. The van der Waals surface area contributed by atoms with E-state index < -0.39 is 11.6 Å². The van der Waals surface area contributed by atoms with Gasteiger partial charge in [0.2, 0.25) is 0 Å². The predicted molar refractivity (Wildman–Crippen MR) is 65.9 cm³/mol. The van der Waals surface area contributed by atoms with E-state index in [2.05, 4.69) is 5.32 Å². The second kappa shape index (κ2) is 6.07. The van der Waals surface area contributed by atoms with Crippen LogP contribution in [0.4, 0.5) is 8.78 Å². The van der Waals surface area contributed by atoms with Crippen LogP contribution < -0.4 is 11.1 Å².